The third kappa shape index (κ3) is 3.27. The van der Waals surface area contributed by atoms with E-state index in [1.165, 1.54) is 0 Å². The molecule has 3 N–H and O–H groups in total. The Morgan fingerprint density at radius 1 is 1.21 bits per heavy atom. The fourth-order valence-corrected chi connectivity index (χ4v) is 4.05. The predicted octanol–water partition coefficient (Wildman–Crippen LogP) is 1.81. The lowest BCUT2D eigenvalue weighted by atomic mass is 9.99. The van der Waals surface area contributed by atoms with Crippen molar-refractivity contribution in [3.8, 4) is 11.3 Å². The average Bonchev–Trinajstić information content (AvgIpc) is 3.11. The van der Waals surface area contributed by atoms with Gasteiger partial charge in [0, 0.05) is 25.3 Å². The number of amides is 1. The maximum absolute atomic E-state index is 12.6. The number of rotatable bonds is 3. The lowest BCUT2D eigenvalue weighted by Gasteiger charge is -2.32. The summed E-state index contributed by atoms with van der Waals surface area (Å²) in [5.41, 5.74) is 3.69. The van der Waals surface area contributed by atoms with Crippen molar-refractivity contribution in [3.05, 3.63) is 34.4 Å². The molecule has 0 radical (unpaired) electrons. The van der Waals surface area contributed by atoms with E-state index in [4.69, 9.17) is 9.72 Å². The molecule has 0 unspecified atom stereocenters. The van der Waals surface area contributed by atoms with Gasteiger partial charge in [-0.15, -0.1) is 0 Å². The first-order valence-corrected chi connectivity index (χ1v) is 9.80. The molecule has 2 aromatic heterocycles. The van der Waals surface area contributed by atoms with Crippen LogP contribution in [-0.2, 0) is 9.53 Å². The lowest BCUT2D eigenvalue weighted by Crippen LogP contribution is -2.44. The number of imidazole rings is 1. The molecule has 0 aliphatic carbocycles. The molecule has 3 aromatic rings. The molecule has 1 saturated heterocycles. The van der Waals surface area contributed by atoms with Gasteiger partial charge in [-0.25, -0.2) is 14.8 Å². The van der Waals surface area contributed by atoms with Crippen LogP contribution < -0.4 is 15.9 Å². The molecular formula is C20H22N6O3. The highest BCUT2D eigenvalue weighted by molar-refractivity contribution is 6.01. The van der Waals surface area contributed by atoms with E-state index in [1.807, 2.05) is 19.1 Å². The van der Waals surface area contributed by atoms with Gasteiger partial charge in [0.2, 0.25) is 5.91 Å². The van der Waals surface area contributed by atoms with Gasteiger partial charge in [-0.1, -0.05) is 0 Å². The number of aryl methyl sites for hydroxylation is 1. The van der Waals surface area contributed by atoms with Crippen LogP contribution in [0.25, 0.3) is 22.3 Å². The molecule has 1 fully saturated rings. The summed E-state index contributed by atoms with van der Waals surface area (Å²) >= 11 is 0. The highest BCUT2D eigenvalue weighted by atomic mass is 16.5. The molecule has 1 aromatic carbocycles. The second kappa shape index (κ2) is 7.00. The predicted molar refractivity (Wildman–Crippen MR) is 109 cm³/mol. The summed E-state index contributed by atoms with van der Waals surface area (Å²) in [6.45, 7) is 4.25. The topological polar surface area (TPSA) is 116 Å². The Bertz CT molecular complexity index is 1140. The summed E-state index contributed by atoms with van der Waals surface area (Å²) in [4.78, 5) is 40.9. The fraction of sp³-hybridized carbons (Fsp3) is 0.400. The van der Waals surface area contributed by atoms with Gasteiger partial charge in [0.15, 0.2) is 11.6 Å². The molecule has 1 amide bonds. The molecule has 4 heterocycles. The first-order chi connectivity index (χ1) is 14.1. The second-order valence-electron chi connectivity index (χ2n) is 7.64. The molecule has 0 spiro atoms. The van der Waals surface area contributed by atoms with E-state index in [1.54, 1.807) is 11.1 Å². The molecule has 0 saturated carbocycles. The Morgan fingerprint density at radius 2 is 2.03 bits per heavy atom. The molecule has 2 aliphatic heterocycles. The fourth-order valence-electron chi connectivity index (χ4n) is 4.05. The Labute approximate surface area is 166 Å². The maximum atomic E-state index is 12.6. The van der Waals surface area contributed by atoms with Crippen LogP contribution in [0, 0.1) is 12.8 Å². The molecule has 5 rings (SSSR count). The Morgan fingerprint density at radius 3 is 2.86 bits per heavy atom. The van der Waals surface area contributed by atoms with E-state index in [2.05, 4.69) is 20.3 Å². The monoisotopic (exact) mass is 394 g/mol. The van der Waals surface area contributed by atoms with Crippen molar-refractivity contribution in [1.82, 2.24) is 19.9 Å². The first kappa shape index (κ1) is 17.9. The minimum absolute atomic E-state index is 0.00274. The molecule has 9 heteroatoms. The van der Waals surface area contributed by atoms with Gasteiger partial charge in [-0.3, -0.25) is 9.69 Å². The molecular weight excluding hydrogens is 372 g/mol. The largest absolute Gasteiger partial charge is 0.381 e. The third-order valence-corrected chi connectivity index (χ3v) is 5.62. The van der Waals surface area contributed by atoms with Gasteiger partial charge in [0.05, 0.1) is 29.5 Å². The number of fused-ring (bicyclic) bond motifs is 2. The Kier molecular flexibility index (Phi) is 4.31. The van der Waals surface area contributed by atoms with Crippen LogP contribution >= 0.6 is 0 Å². The van der Waals surface area contributed by atoms with E-state index in [0.717, 1.165) is 48.2 Å². The van der Waals surface area contributed by atoms with E-state index >= 15 is 0 Å². The summed E-state index contributed by atoms with van der Waals surface area (Å²) in [5.74, 6) is 1.57. The highest BCUT2D eigenvalue weighted by Crippen LogP contribution is 2.31. The first-order valence-electron chi connectivity index (χ1n) is 9.80. The smallest absolute Gasteiger partial charge is 0.323 e. The van der Waals surface area contributed by atoms with E-state index < -0.39 is 0 Å². The lowest BCUT2D eigenvalue weighted by molar-refractivity contribution is -0.117. The van der Waals surface area contributed by atoms with Crippen molar-refractivity contribution in [3.63, 3.8) is 0 Å². The van der Waals surface area contributed by atoms with Gasteiger partial charge in [-0.05, 0) is 43.4 Å². The molecule has 9 nitrogen and oxygen atoms in total. The minimum atomic E-state index is -0.241. The Balaban J connectivity index is 1.53. The number of H-pyrrole nitrogens is 2. The third-order valence-electron chi connectivity index (χ3n) is 5.62. The maximum Gasteiger partial charge on any atom is 0.323 e. The number of ether oxygens (including phenoxy) is 1. The number of aromatic nitrogens is 4. The van der Waals surface area contributed by atoms with Crippen LogP contribution in [0.2, 0.25) is 0 Å². The van der Waals surface area contributed by atoms with Crippen molar-refractivity contribution < 1.29 is 9.53 Å². The normalized spacial score (nSPS) is 17.4. The quantitative estimate of drug-likeness (QED) is 0.624. The number of benzene rings is 1. The van der Waals surface area contributed by atoms with Gasteiger partial charge < -0.3 is 20.0 Å². The van der Waals surface area contributed by atoms with Crippen LogP contribution in [0.3, 0.4) is 0 Å². The summed E-state index contributed by atoms with van der Waals surface area (Å²) in [6, 6.07) is 3.83. The van der Waals surface area contributed by atoms with Crippen LogP contribution in [0.5, 0.6) is 0 Å². The molecule has 150 valence electrons. The molecule has 0 bridgehead atoms. The number of aromatic amines is 2. The van der Waals surface area contributed by atoms with Crippen LogP contribution in [-0.4, -0.2) is 52.1 Å². The number of hydrogen-bond donors (Lipinski definition) is 3. The van der Waals surface area contributed by atoms with Crippen molar-refractivity contribution >= 4 is 28.6 Å². The standard InChI is InChI=1S/C20H22N6O3/c1-11-6-13(7-14-17(11)25-20(28)24-14)15-8-21-18-19(23-15)26(16(27)9-22-18)10-12-2-4-29-5-3-12/h6-8,12H,2-5,9-10H2,1H3,(H,21,22)(H2,24,25,28). The number of carbonyl (C=O) groups is 1. The Hall–Kier alpha value is -3.20. The van der Waals surface area contributed by atoms with Crippen LogP contribution in [0.15, 0.2) is 23.1 Å². The zero-order valence-corrected chi connectivity index (χ0v) is 16.1. The van der Waals surface area contributed by atoms with Gasteiger partial charge in [0.1, 0.15) is 0 Å². The van der Waals surface area contributed by atoms with Crippen molar-refractivity contribution in [2.45, 2.75) is 19.8 Å². The zero-order valence-electron chi connectivity index (χ0n) is 16.1. The number of nitrogens with one attached hydrogen (secondary N) is 3. The van der Waals surface area contributed by atoms with E-state index in [-0.39, 0.29) is 18.1 Å². The number of anilines is 2. The molecule has 29 heavy (non-hydrogen) atoms. The van der Waals surface area contributed by atoms with E-state index in [0.29, 0.717) is 29.8 Å². The summed E-state index contributed by atoms with van der Waals surface area (Å²) in [6.07, 6.45) is 3.58. The molecule has 0 atom stereocenters. The van der Waals surface area contributed by atoms with Crippen molar-refractivity contribution in [2.75, 3.05) is 36.5 Å². The molecule has 2 aliphatic rings. The SMILES string of the molecule is Cc1cc(-c2cnc3c(n2)N(CC2CCOCC2)C(=O)CN3)cc2[nH]c(=O)[nH]c12. The van der Waals surface area contributed by atoms with Gasteiger partial charge in [-0.2, -0.15) is 0 Å². The van der Waals surface area contributed by atoms with Crippen LogP contribution in [0.1, 0.15) is 18.4 Å². The number of nitrogens with zero attached hydrogens (tertiary/aromatic N) is 3. The summed E-state index contributed by atoms with van der Waals surface area (Å²) in [7, 11) is 0. The average molecular weight is 394 g/mol. The summed E-state index contributed by atoms with van der Waals surface area (Å²) in [5, 5.41) is 3.06. The van der Waals surface area contributed by atoms with Crippen molar-refractivity contribution in [2.24, 2.45) is 5.92 Å². The second-order valence-corrected chi connectivity index (χ2v) is 7.64. The zero-order chi connectivity index (χ0) is 20.0. The number of carbonyl (C=O) groups excluding carboxylic acids is 1. The van der Waals surface area contributed by atoms with Crippen LogP contribution in [0.4, 0.5) is 11.6 Å². The van der Waals surface area contributed by atoms with E-state index in [9.17, 15) is 9.59 Å². The number of hydrogen-bond acceptors (Lipinski definition) is 6. The van der Waals surface area contributed by atoms with Crippen molar-refractivity contribution in [1.29, 1.82) is 0 Å². The van der Waals surface area contributed by atoms with Gasteiger partial charge >= 0.3 is 5.69 Å². The minimum Gasteiger partial charge on any atom is -0.381 e. The highest BCUT2D eigenvalue weighted by Gasteiger charge is 2.29. The van der Waals surface area contributed by atoms with Gasteiger partial charge in [0.25, 0.3) is 0 Å². The summed E-state index contributed by atoms with van der Waals surface area (Å²) < 4.78 is 5.44.